The summed E-state index contributed by atoms with van der Waals surface area (Å²) < 4.78 is 5.33. The molecule has 6 nitrogen and oxygen atoms in total. The third-order valence-corrected chi connectivity index (χ3v) is 2.00. The lowest BCUT2D eigenvalue weighted by atomic mass is 10.2. The summed E-state index contributed by atoms with van der Waals surface area (Å²) in [5, 5.41) is 8.88. The molecule has 3 N–H and O–H groups in total. The van der Waals surface area contributed by atoms with E-state index in [1.807, 2.05) is 0 Å². The Labute approximate surface area is 96.7 Å². The molecule has 0 radical (unpaired) electrons. The molecule has 0 amide bonds. The van der Waals surface area contributed by atoms with Crippen LogP contribution in [0.5, 0.6) is 11.6 Å². The molecule has 17 heavy (non-hydrogen) atoms. The highest BCUT2D eigenvalue weighted by molar-refractivity contribution is 5.93. The Morgan fingerprint density at radius 2 is 2.24 bits per heavy atom. The SMILES string of the molecule is Nc1cnc(Oc2cccnc2)cc1C(=O)O. The molecule has 0 saturated carbocycles. The average Bonchev–Trinajstić information content (AvgIpc) is 2.32. The van der Waals surface area contributed by atoms with Gasteiger partial charge in [0.1, 0.15) is 5.75 Å². The molecule has 6 heteroatoms. The molecule has 2 aromatic heterocycles. The molecule has 0 spiro atoms. The average molecular weight is 231 g/mol. The van der Waals surface area contributed by atoms with Gasteiger partial charge in [-0.1, -0.05) is 0 Å². The van der Waals surface area contributed by atoms with Gasteiger partial charge in [0, 0.05) is 12.3 Å². The van der Waals surface area contributed by atoms with Gasteiger partial charge in [-0.15, -0.1) is 0 Å². The lowest BCUT2D eigenvalue weighted by Crippen LogP contribution is -2.03. The first kappa shape index (κ1) is 10.9. The molecule has 0 atom stereocenters. The van der Waals surface area contributed by atoms with E-state index in [2.05, 4.69) is 9.97 Å². The van der Waals surface area contributed by atoms with Gasteiger partial charge in [-0.2, -0.15) is 0 Å². The molecule has 0 bridgehead atoms. The molecule has 0 fully saturated rings. The van der Waals surface area contributed by atoms with E-state index in [9.17, 15) is 4.79 Å². The molecule has 0 aliphatic rings. The molecular formula is C11H9N3O3. The third kappa shape index (κ3) is 2.49. The second kappa shape index (κ2) is 4.48. The van der Waals surface area contributed by atoms with Crippen molar-refractivity contribution in [3.63, 3.8) is 0 Å². The molecule has 2 heterocycles. The van der Waals surface area contributed by atoms with Gasteiger partial charge in [-0.3, -0.25) is 4.98 Å². The van der Waals surface area contributed by atoms with Crippen LogP contribution >= 0.6 is 0 Å². The number of ether oxygens (including phenoxy) is 1. The van der Waals surface area contributed by atoms with Crippen LogP contribution in [0.2, 0.25) is 0 Å². The normalized spacial score (nSPS) is 9.88. The number of pyridine rings is 2. The van der Waals surface area contributed by atoms with Crippen molar-refractivity contribution in [1.29, 1.82) is 0 Å². The van der Waals surface area contributed by atoms with Crippen LogP contribution in [0.3, 0.4) is 0 Å². The summed E-state index contributed by atoms with van der Waals surface area (Å²) in [5.74, 6) is -0.494. The van der Waals surface area contributed by atoms with E-state index in [0.29, 0.717) is 5.75 Å². The summed E-state index contributed by atoms with van der Waals surface area (Å²) in [7, 11) is 0. The molecule has 2 rings (SSSR count). The van der Waals surface area contributed by atoms with Crippen molar-refractivity contribution in [3.05, 3.63) is 42.4 Å². The quantitative estimate of drug-likeness (QED) is 0.831. The first-order chi connectivity index (χ1) is 8.16. The Kier molecular flexibility index (Phi) is 2.87. The van der Waals surface area contributed by atoms with Crippen LogP contribution in [-0.2, 0) is 0 Å². The maximum absolute atomic E-state index is 10.9. The number of nitrogens with two attached hydrogens (primary N) is 1. The van der Waals surface area contributed by atoms with Gasteiger partial charge in [0.25, 0.3) is 0 Å². The van der Waals surface area contributed by atoms with E-state index in [0.717, 1.165) is 0 Å². The number of hydrogen-bond acceptors (Lipinski definition) is 5. The van der Waals surface area contributed by atoms with Crippen molar-refractivity contribution in [3.8, 4) is 11.6 Å². The number of carbonyl (C=O) groups is 1. The van der Waals surface area contributed by atoms with Crippen molar-refractivity contribution in [2.75, 3.05) is 5.73 Å². The van der Waals surface area contributed by atoms with Crippen molar-refractivity contribution in [2.24, 2.45) is 0 Å². The van der Waals surface area contributed by atoms with E-state index in [4.69, 9.17) is 15.6 Å². The number of hydrogen-bond donors (Lipinski definition) is 2. The van der Waals surface area contributed by atoms with Crippen molar-refractivity contribution >= 4 is 11.7 Å². The van der Waals surface area contributed by atoms with Gasteiger partial charge in [-0.05, 0) is 12.1 Å². The summed E-state index contributed by atoms with van der Waals surface area (Å²) in [6.07, 6.45) is 4.35. The lowest BCUT2D eigenvalue weighted by molar-refractivity contribution is 0.0697. The number of aromatic nitrogens is 2. The zero-order chi connectivity index (χ0) is 12.3. The van der Waals surface area contributed by atoms with E-state index >= 15 is 0 Å². The second-order valence-corrected chi connectivity index (χ2v) is 3.21. The molecular weight excluding hydrogens is 222 g/mol. The highest BCUT2D eigenvalue weighted by Crippen LogP contribution is 2.21. The van der Waals surface area contributed by atoms with Gasteiger partial charge in [0.15, 0.2) is 0 Å². The Morgan fingerprint density at radius 3 is 2.88 bits per heavy atom. The highest BCUT2D eigenvalue weighted by atomic mass is 16.5. The van der Waals surface area contributed by atoms with E-state index < -0.39 is 5.97 Å². The fraction of sp³-hybridized carbons (Fsp3) is 0. The molecule has 0 aromatic carbocycles. The Morgan fingerprint density at radius 1 is 1.41 bits per heavy atom. The first-order valence-electron chi connectivity index (χ1n) is 4.73. The predicted octanol–water partition coefficient (Wildman–Crippen LogP) is 1.55. The number of nitrogens with zero attached hydrogens (tertiary/aromatic N) is 2. The summed E-state index contributed by atoms with van der Waals surface area (Å²) in [6, 6.07) is 4.65. The van der Waals surface area contributed by atoms with Crippen molar-refractivity contribution < 1.29 is 14.6 Å². The molecule has 0 aliphatic heterocycles. The monoisotopic (exact) mass is 231 g/mol. The lowest BCUT2D eigenvalue weighted by Gasteiger charge is -2.05. The molecule has 86 valence electrons. The molecule has 2 aromatic rings. The zero-order valence-corrected chi connectivity index (χ0v) is 8.70. The first-order valence-corrected chi connectivity index (χ1v) is 4.73. The van der Waals surface area contributed by atoms with Crippen LogP contribution in [0.25, 0.3) is 0 Å². The van der Waals surface area contributed by atoms with Crippen LogP contribution < -0.4 is 10.5 Å². The summed E-state index contributed by atoms with van der Waals surface area (Å²) >= 11 is 0. The van der Waals surface area contributed by atoms with Gasteiger partial charge < -0.3 is 15.6 Å². The minimum Gasteiger partial charge on any atom is -0.478 e. The minimum atomic E-state index is -1.12. The fourth-order valence-corrected chi connectivity index (χ4v) is 1.22. The largest absolute Gasteiger partial charge is 0.478 e. The number of aromatic carboxylic acids is 1. The molecule has 0 aliphatic carbocycles. The van der Waals surface area contributed by atoms with Gasteiger partial charge >= 0.3 is 5.97 Å². The van der Waals surface area contributed by atoms with E-state index in [-0.39, 0.29) is 17.1 Å². The van der Waals surface area contributed by atoms with E-state index in [1.54, 1.807) is 18.3 Å². The van der Waals surface area contributed by atoms with Gasteiger partial charge in [0.05, 0.1) is 23.6 Å². The van der Waals surface area contributed by atoms with Crippen molar-refractivity contribution in [1.82, 2.24) is 9.97 Å². The van der Waals surface area contributed by atoms with Crippen LogP contribution in [0.4, 0.5) is 5.69 Å². The zero-order valence-electron chi connectivity index (χ0n) is 8.70. The Balaban J connectivity index is 2.29. The maximum Gasteiger partial charge on any atom is 0.338 e. The summed E-state index contributed by atoms with van der Waals surface area (Å²) in [5.41, 5.74) is 5.52. The Bertz CT molecular complexity index is 543. The van der Waals surface area contributed by atoms with Crippen LogP contribution in [0.1, 0.15) is 10.4 Å². The van der Waals surface area contributed by atoms with Crippen LogP contribution in [-0.4, -0.2) is 21.0 Å². The standard InChI is InChI=1S/C11H9N3O3/c12-9-6-14-10(4-8(9)11(15)16)17-7-2-1-3-13-5-7/h1-6H,12H2,(H,15,16). The third-order valence-electron chi connectivity index (χ3n) is 2.00. The van der Waals surface area contributed by atoms with E-state index in [1.165, 1.54) is 18.5 Å². The fourth-order valence-electron chi connectivity index (χ4n) is 1.22. The smallest absolute Gasteiger partial charge is 0.338 e. The molecule has 0 unspecified atom stereocenters. The Hall–Kier alpha value is -2.63. The number of nitrogen functional groups attached to an aromatic ring is 1. The van der Waals surface area contributed by atoms with Gasteiger partial charge in [0.2, 0.25) is 5.88 Å². The second-order valence-electron chi connectivity index (χ2n) is 3.21. The number of anilines is 1. The minimum absolute atomic E-state index is 0.0427. The van der Waals surface area contributed by atoms with Crippen molar-refractivity contribution in [2.45, 2.75) is 0 Å². The summed E-state index contributed by atoms with van der Waals surface area (Å²) in [4.78, 5) is 18.6. The number of rotatable bonds is 3. The summed E-state index contributed by atoms with van der Waals surface area (Å²) in [6.45, 7) is 0. The van der Waals surface area contributed by atoms with Gasteiger partial charge in [-0.25, -0.2) is 9.78 Å². The topological polar surface area (TPSA) is 98.3 Å². The number of carboxylic acid groups (broad SMARTS) is 1. The molecule has 0 saturated heterocycles. The number of carboxylic acids is 1. The highest BCUT2D eigenvalue weighted by Gasteiger charge is 2.10. The van der Waals surface area contributed by atoms with Crippen LogP contribution in [0.15, 0.2) is 36.8 Å². The predicted molar refractivity (Wildman–Crippen MR) is 59.9 cm³/mol. The van der Waals surface area contributed by atoms with Crippen LogP contribution in [0, 0.1) is 0 Å². The maximum atomic E-state index is 10.9.